The minimum absolute atomic E-state index is 0.0219. The Kier molecular flexibility index (Phi) is 2.12. The van der Waals surface area contributed by atoms with E-state index in [9.17, 15) is 0 Å². The summed E-state index contributed by atoms with van der Waals surface area (Å²) in [7, 11) is 1.59. The summed E-state index contributed by atoms with van der Waals surface area (Å²) in [4.78, 5) is 0. The van der Waals surface area contributed by atoms with Crippen molar-refractivity contribution in [1.82, 2.24) is 8.75 Å². The summed E-state index contributed by atoms with van der Waals surface area (Å²) < 4.78 is 13.3. The van der Waals surface area contributed by atoms with E-state index in [4.69, 9.17) is 9.84 Å². The van der Waals surface area contributed by atoms with Gasteiger partial charge in [-0.2, -0.15) is 8.75 Å². The zero-order valence-corrected chi connectivity index (χ0v) is 7.84. The highest BCUT2D eigenvalue weighted by atomic mass is 32.1. The average Bonchev–Trinajstić information content (AvgIpc) is 2.64. The van der Waals surface area contributed by atoms with Crippen LogP contribution in [0.5, 0.6) is 5.75 Å². The SMILES string of the molecule is COc1ccc(CO)c2nsnc12. The second-order valence-electron chi connectivity index (χ2n) is 2.55. The third-order valence-corrected chi connectivity index (χ3v) is 2.38. The lowest BCUT2D eigenvalue weighted by atomic mass is 10.2. The molecule has 2 rings (SSSR count). The first-order valence-corrected chi connectivity index (χ1v) is 4.49. The molecule has 0 aliphatic carbocycles. The Hall–Kier alpha value is -1.20. The molecule has 0 aliphatic rings. The van der Waals surface area contributed by atoms with Gasteiger partial charge in [0.1, 0.15) is 16.8 Å². The molecule has 1 heterocycles. The third kappa shape index (κ3) is 1.26. The zero-order chi connectivity index (χ0) is 9.26. The second kappa shape index (κ2) is 3.27. The average molecular weight is 196 g/mol. The second-order valence-corrected chi connectivity index (χ2v) is 3.07. The molecule has 1 aromatic carbocycles. The molecule has 5 heteroatoms. The maximum atomic E-state index is 9.01. The molecule has 2 aromatic rings. The van der Waals surface area contributed by atoms with Crippen LogP contribution in [0.3, 0.4) is 0 Å². The number of aromatic nitrogens is 2. The Morgan fingerprint density at radius 3 is 2.85 bits per heavy atom. The van der Waals surface area contributed by atoms with E-state index in [1.54, 1.807) is 19.2 Å². The minimum atomic E-state index is -0.0219. The molecule has 0 atom stereocenters. The fourth-order valence-electron chi connectivity index (χ4n) is 1.19. The maximum Gasteiger partial charge on any atom is 0.147 e. The first kappa shape index (κ1) is 8.40. The molecule has 68 valence electrons. The lowest BCUT2D eigenvalue weighted by Crippen LogP contribution is -1.89. The van der Waals surface area contributed by atoms with E-state index in [2.05, 4.69) is 8.75 Å². The van der Waals surface area contributed by atoms with Crippen LogP contribution in [0.1, 0.15) is 5.56 Å². The van der Waals surface area contributed by atoms with Crippen LogP contribution in [0.2, 0.25) is 0 Å². The van der Waals surface area contributed by atoms with Crippen LogP contribution in [0, 0.1) is 0 Å². The van der Waals surface area contributed by atoms with E-state index in [1.165, 1.54) is 0 Å². The number of methoxy groups -OCH3 is 1. The summed E-state index contributed by atoms with van der Waals surface area (Å²) in [5, 5.41) is 9.01. The molecule has 1 N–H and O–H groups in total. The molecular formula is C8H8N2O2S. The third-order valence-electron chi connectivity index (χ3n) is 1.85. The minimum Gasteiger partial charge on any atom is -0.494 e. The highest BCUT2D eigenvalue weighted by Gasteiger charge is 2.09. The van der Waals surface area contributed by atoms with Crippen molar-refractivity contribution in [2.75, 3.05) is 7.11 Å². The Morgan fingerprint density at radius 2 is 2.15 bits per heavy atom. The van der Waals surface area contributed by atoms with Crippen molar-refractivity contribution in [3.8, 4) is 5.75 Å². The van der Waals surface area contributed by atoms with Crippen LogP contribution < -0.4 is 4.74 Å². The molecule has 13 heavy (non-hydrogen) atoms. The van der Waals surface area contributed by atoms with Crippen LogP contribution in [-0.2, 0) is 6.61 Å². The van der Waals surface area contributed by atoms with Gasteiger partial charge in [0.15, 0.2) is 0 Å². The van der Waals surface area contributed by atoms with Crippen LogP contribution in [0.25, 0.3) is 11.0 Å². The number of aliphatic hydroxyl groups excluding tert-OH is 1. The van der Waals surface area contributed by atoms with E-state index >= 15 is 0 Å². The van der Waals surface area contributed by atoms with E-state index in [0.717, 1.165) is 28.3 Å². The summed E-state index contributed by atoms with van der Waals surface area (Å²) in [6, 6.07) is 3.58. The molecule has 1 aromatic heterocycles. The number of benzene rings is 1. The number of ether oxygens (including phenoxy) is 1. The Morgan fingerprint density at radius 1 is 1.38 bits per heavy atom. The molecule has 0 saturated heterocycles. The van der Waals surface area contributed by atoms with E-state index in [-0.39, 0.29) is 6.61 Å². The molecule has 0 radical (unpaired) electrons. The number of hydrogen-bond donors (Lipinski definition) is 1. The summed E-state index contributed by atoms with van der Waals surface area (Å²) in [5.41, 5.74) is 2.23. The lowest BCUT2D eigenvalue weighted by Gasteiger charge is -2.01. The number of fused-ring (bicyclic) bond motifs is 1. The van der Waals surface area contributed by atoms with Crippen molar-refractivity contribution in [2.45, 2.75) is 6.61 Å². The van der Waals surface area contributed by atoms with E-state index in [1.807, 2.05) is 0 Å². The van der Waals surface area contributed by atoms with Crippen LogP contribution >= 0.6 is 11.7 Å². The standard InChI is InChI=1S/C8H8N2O2S/c1-12-6-3-2-5(4-11)7-8(6)10-13-9-7/h2-3,11H,4H2,1H3. The summed E-state index contributed by atoms with van der Waals surface area (Å²) in [6.45, 7) is -0.0219. The van der Waals surface area contributed by atoms with Crippen molar-refractivity contribution in [3.05, 3.63) is 17.7 Å². The van der Waals surface area contributed by atoms with Gasteiger partial charge in [0, 0.05) is 5.56 Å². The fraction of sp³-hybridized carbons (Fsp3) is 0.250. The van der Waals surface area contributed by atoms with Gasteiger partial charge in [-0.1, -0.05) is 6.07 Å². The van der Waals surface area contributed by atoms with Gasteiger partial charge in [0.2, 0.25) is 0 Å². The molecular weight excluding hydrogens is 188 g/mol. The number of hydrogen-bond acceptors (Lipinski definition) is 5. The molecule has 0 amide bonds. The highest BCUT2D eigenvalue weighted by Crippen LogP contribution is 2.26. The number of rotatable bonds is 2. The predicted molar refractivity (Wildman–Crippen MR) is 49.9 cm³/mol. The first-order valence-electron chi connectivity index (χ1n) is 3.76. The van der Waals surface area contributed by atoms with E-state index < -0.39 is 0 Å². The van der Waals surface area contributed by atoms with Crippen molar-refractivity contribution in [3.63, 3.8) is 0 Å². The molecule has 0 unspecified atom stereocenters. The molecule has 4 nitrogen and oxygen atoms in total. The smallest absolute Gasteiger partial charge is 0.147 e. The Bertz CT molecular complexity index is 389. The van der Waals surface area contributed by atoms with Crippen LogP contribution in [0.4, 0.5) is 0 Å². The van der Waals surface area contributed by atoms with Gasteiger partial charge >= 0.3 is 0 Å². The number of nitrogens with zero attached hydrogens (tertiary/aromatic N) is 2. The molecule has 0 aliphatic heterocycles. The van der Waals surface area contributed by atoms with Crippen LogP contribution in [-0.4, -0.2) is 21.0 Å². The van der Waals surface area contributed by atoms with Gasteiger partial charge in [0.05, 0.1) is 25.4 Å². The zero-order valence-electron chi connectivity index (χ0n) is 7.02. The van der Waals surface area contributed by atoms with Crippen molar-refractivity contribution < 1.29 is 9.84 Å². The van der Waals surface area contributed by atoms with E-state index in [0.29, 0.717) is 5.75 Å². The maximum absolute atomic E-state index is 9.01. The van der Waals surface area contributed by atoms with Gasteiger partial charge < -0.3 is 9.84 Å². The van der Waals surface area contributed by atoms with Crippen molar-refractivity contribution >= 4 is 22.8 Å². The van der Waals surface area contributed by atoms with Crippen molar-refractivity contribution in [2.24, 2.45) is 0 Å². The summed E-state index contributed by atoms with van der Waals surface area (Å²) >= 11 is 1.12. The molecule has 0 saturated carbocycles. The van der Waals surface area contributed by atoms with Gasteiger partial charge in [0.25, 0.3) is 0 Å². The van der Waals surface area contributed by atoms with Gasteiger partial charge in [-0.05, 0) is 6.07 Å². The quantitative estimate of drug-likeness (QED) is 0.784. The fourth-order valence-corrected chi connectivity index (χ4v) is 1.77. The Balaban J connectivity index is 2.74. The predicted octanol–water partition coefficient (Wildman–Crippen LogP) is 1.19. The van der Waals surface area contributed by atoms with Gasteiger partial charge in [-0.25, -0.2) is 0 Å². The first-order chi connectivity index (χ1) is 6.36. The lowest BCUT2D eigenvalue weighted by molar-refractivity contribution is 0.283. The summed E-state index contributed by atoms with van der Waals surface area (Å²) in [6.07, 6.45) is 0. The van der Waals surface area contributed by atoms with Gasteiger partial charge in [-0.15, -0.1) is 0 Å². The Labute approximate surface area is 79.1 Å². The van der Waals surface area contributed by atoms with Crippen LogP contribution in [0.15, 0.2) is 12.1 Å². The monoisotopic (exact) mass is 196 g/mol. The molecule has 0 fully saturated rings. The number of aliphatic hydroxyl groups is 1. The largest absolute Gasteiger partial charge is 0.494 e. The summed E-state index contributed by atoms with van der Waals surface area (Å²) in [5.74, 6) is 0.695. The normalized spacial score (nSPS) is 10.6. The molecule has 0 spiro atoms. The topological polar surface area (TPSA) is 55.2 Å². The molecule has 0 bridgehead atoms. The van der Waals surface area contributed by atoms with Crippen molar-refractivity contribution in [1.29, 1.82) is 0 Å². The van der Waals surface area contributed by atoms with Gasteiger partial charge in [-0.3, -0.25) is 0 Å². The highest BCUT2D eigenvalue weighted by molar-refractivity contribution is 7.00.